The molecule has 0 aliphatic rings. The van der Waals surface area contributed by atoms with E-state index in [2.05, 4.69) is 5.32 Å². The minimum atomic E-state index is -0.534. The van der Waals surface area contributed by atoms with Crippen molar-refractivity contribution in [2.45, 2.75) is 12.5 Å². The molecule has 0 aromatic heterocycles. The van der Waals surface area contributed by atoms with Gasteiger partial charge in [-0.15, -0.1) is 0 Å². The highest BCUT2D eigenvalue weighted by Crippen LogP contribution is 2.27. The maximum Gasteiger partial charge on any atom is 0.165 e. The lowest BCUT2D eigenvalue weighted by molar-refractivity contribution is 0.380. The first kappa shape index (κ1) is 14.3. The van der Waals surface area contributed by atoms with Crippen molar-refractivity contribution < 1.29 is 13.5 Å². The molecule has 1 unspecified atom stereocenters. The number of halogens is 2. The molecule has 0 radical (unpaired) electrons. The number of methoxy groups -OCH3 is 1. The van der Waals surface area contributed by atoms with E-state index in [1.807, 2.05) is 6.26 Å². The molecule has 1 N–H and O–H groups in total. The number of rotatable bonds is 6. The van der Waals surface area contributed by atoms with Gasteiger partial charge in [-0.25, -0.2) is 8.78 Å². The molecule has 2 nitrogen and oxygen atoms in total. The Balaban J connectivity index is 2.99. The zero-order chi connectivity index (χ0) is 12.8. The molecule has 0 bridgehead atoms. The number of nitrogens with one attached hydrogen (secondary N) is 1. The molecule has 0 fully saturated rings. The zero-order valence-corrected chi connectivity index (χ0v) is 11.0. The van der Waals surface area contributed by atoms with Crippen molar-refractivity contribution in [3.8, 4) is 5.75 Å². The standard InChI is InChI=1S/C12H17F2NOS/c1-15-11(4-5-17-3)8-6-10(14)12(16-2)7-9(8)13/h6-7,11,15H,4-5H2,1-3H3. The monoisotopic (exact) mass is 261 g/mol. The molecular formula is C12H17F2NOS. The molecule has 5 heteroatoms. The van der Waals surface area contributed by atoms with Crippen LogP contribution in [0.15, 0.2) is 12.1 Å². The van der Waals surface area contributed by atoms with Gasteiger partial charge in [0.15, 0.2) is 11.6 Å². The summed E-state index contributed by atoms with van der Waals surface area (Å²) in [6, 6.07) is 2.12. The average molecular weight is 261 g/mol. The van der Waals surface area contributed by atoms with Crippen LogP contribution in [0.3, 0.4) is 0 Å². The van der Waals surface area contributed by atoms with Gasteiger partial charge in [-0.05, 0) is 31.5 Å². The van der Waals surface area contributed by atoms with E-state index >= 15 is 0 Å². The Bertz CT molecular complexity index is 374. The molecule has 0 saturated heterocycles. The van der Waals surface area contributed by atoms with E-state index in [0.717, 1.165) is 18.2 Å². The van der Waals surface area contributed by atoms with Crippen LogP contribution in [0.25, 0.3) is 0 Å². The highest BCUT2D eigenvalue weighted by Gasteiger charge is 2.17. The third-order valence-electron chi connectivity index (χ3n) is 2.61. The SMILES string of the molecule is CNC(CCSC)c1cc(F)c(OC)cc1F. The molecule has 0 amide bonds. The van der Waals surface area contributed by atoms with Gasteiger partial charge in [0, 0.05) is 17.7 Å². The fourth-order valence-electron chi connectivity index (χ4n) is 1.66. The topological polar surface area (TPSA) is 21.3 Å². The molecule has 1 rings (SSSR count). The van der Waals surface area contributed by atoms with E-state index in [1.54, 1.807) is 18.8 Å². The molecule has 1 aromatic rings. The van der Waals surface area contributed by atoms with E-state index < -0.39 is 11.6 Å². The van der Waals surface area contributed by atoms with Crippen LogP contribution in [0.5, 0.6) is 5.75 Å². The van der Waals surface area contributed by atoms with Gasteiger partial charge in [0.1, 0.15) is 5.82 Å². The van der Waals surface area contributed by atoms with Crippen LogP contribution < -0.4 is 10.1 Å². The molecule has 0 aliphatic carbocycles. The summed E-state index contributed by atoms with van der Waals surface area (Å²) in [5.74, 6) is -0.151. The average Bonchev–Trinajstić information content (AvgIpc) is 2.33. The van der Waals surface area contributed by atoms with Crippen LogP contribution >= 0.6 is 11.8 Å². The van der Waals surface area contributed by atoms with Gasteiger partial charge in [-0.2, -0.15) is 11.8 Å². The third kappa shape index (κ3) is 3.57. The lowest BCUT2D eigenvalue weighted by Crippen LogP contribution is -2.18. The van der Waals surface area contributed by atoms with Crippen molar-refractivity contribution in [2.75, 3.05) is 26.2 Å². The van der Waals surface area contributed by atoms with Gasteiger partial charge in [0.2, 0.25) is 0 Å². The highest BCUT2D eigenvalue weighted by atomic mass is 32.2. The van der Waals surface area contributed by atoms with E-state index in [4.69, 9.17) is 4.74 Å². The molecular weight excluding hydrogens is 244 g/mol. The van der Waals surface area contributed by atoms with Crippen molar-refractivity contribution in [1.82, 2.24) is 5.32 Å². The summed E-state index contributed by atoms with van der Waals surface area (Å²) >= 11 is 1.68. The van der Waals surface area contributed by atoms with Crippen LogP contribution in [0.1, 0.15) is 18.0 Å². The fraction of sp³-hybridized carbons (Fsp3) is 0.500. The molecule has 1 aromatic carbocycles. The normalized spacial score (nSPS) is 12.5. The predicted molar refractivity (Wildman–Crippen MR) is 67.7 cm³/mol. The molecule has 17 heavy (non-hydrogen) atoms. The minimum Gasteiger partial charge on any atom is -0.494 e. The molecule has 0 heterocycles. The first-order chi connectivity index (χ1) is 8.13. The first-order valence-corrected chi connectivity index (χ1v) is 6.72. The molecule has 0 aliphatic heterocycles. The molecule has 1 atom stereocenters. The van der Waals surface area contributed by atoms with Crippen molar-refractivity contribution in [3.05, 3.63) is 29.3 Å². The van der Waals surface area contributed by atoms with Crippen molar-refractivity contribution in [3.63, 3.8) is 0 Å². The van der Waals surface area contributed by atoms with E-state index in [0.29, 0.717) is 5.56 Å². The van der Waals surface area contributed by atoms with E-state index in [-0.39, 0.29) is 11.8 Å². The van der Waals surface area contributed by atoms with Gasteiger partial charge in [-0.3, -0.25) is 0 Å². The number of benzene rings is 1. The Morgan fingerprint density at radius 2 is 2.06 bits per heavy atom. The summed E-state index contributed by atoms with van der Waals surface area (Å²) < 4.78 is 32.0. The van der Waals surface area contributed by atoms with Gasteiger partial charge in [-0.1, -0.05) is 0 Å². The maximum absolute atomic E-state index is 13.8. The van der Waals surface area contributed by atoms with Crippen LogP contribution in [-0.2, 0) is 0 Å². The second kappa shape index (κ2) is 6.81. The van der Waals surface area contributed by atoms with Crippen LogP contribution in [0.4, 0.5) is 8.78 Å². The summed E-state index contributed by atoms with van der Waals surface area (Å²) in [5, 5.41) is 3.00. The lowest BCUT2D eigenvalue weighted by Gasteiger charge is -2.17. The molecule has 0 saturated carbocycles. The summed E-state index contributed by atoms with van der Waals surface area (Å²) in [7, 11) is 3.06. The molecule has 96 valence electrons. The smallest absolute Gasteiger partial charge is 0.165 e. The largest absolute Gasteiger partial charge is 0.494 e. The Morgan fingerprint density at radius 3 is 2.59 bits per heavy atom. The third-order valence-corrected chi connectivity index (χ3v) is 3.25. The fourth-order valence-corrected chi connectivity index (χ4v) is 2.13. The Labute approximate surface area is 105 Å². The second-order valence-corrected chi connectivity index (χ2v) is 4.62. The highest BCUT2D eigenvalue weighted by molar-refractivity contribution is 7.98. The summed E-state index contributed by atoms with van der Waals surface area (Å²) in [6.45, 7) is 0. The number of ether oxygens (including phenoxy) is 1. The number of thioether (sulfide) groups is 1. The second-order valence-electron chi connectivity index (χ2n) is 3.63. The Hall–Kier alpha value is -0.810. The molecule has 0 spiro atoms. The van der Waals surface area contributed by atoms with Crippen LogP contribution in [-0.4, -0.2) is 26.2 Å². The Kier molecular flexibility index (Phi) is 5.71. The van der Waals surface area contributed by atoms with Crippen LogP contribution in [0.2, 0.25) is 0 Å². The Morgan fingerprint density at radius 1 is 1.35 bits per heavy atom. The van der Waals surface area contributed by atoms with Gasteiger partial charge < -0.3 is 10.1 Å². The predicted octanol–water partition coefficient (Wildman–Crippen LogP) is 2.99. The number of hydrogen-bond donors (Lipinski definition) is 1. The number of hydrogen-bond acceptors (Lipinski definition) is 3. The lowest BCUT2D eigenvalue weighted by atomic mass is 10.0. The summed E-state index contributed by atoms with van der Waals surface area (Å²) in [5.41, 5.74) is 0.347. The summed E-state index contributed by atoms with van der Waals surface area (Å²) in [4.78, 5) is 0. The van der Waals surface area contributed by atoms with Crippen molar-refractivity contribution in [1.29, 1.82) is 0 Å². The van der Waals surface area contributed by atoms with Crippen molar-refractivity contribution >= 4 is 11.8 Å². The van der Waals surface area contributed by atoms with E-state index in [1.165, 1.54) is 13.2 Å². The maximum atomic E-state index is 13.8. The van der Waals surface area contributed by atoms with Gasteiger partial charge >= 0.3 is 0 Å². The first-order valence-electron chi connectivity index (χ1n) is 5.33. The quantitative estimate of drug-likeness (QED) is 0.850. The minimum absolute atomic E-state index is 0.0639. The van der Waals surface area contributed by atoms with Gasteiger partial charge in [0.25, 0.3) is 0 Å². The van der Waals surface area contributed by atoms with Gasteiger partial charge in [0.05, 0.1) is 7.11 Å². The zero-order valence-electron chi connectivity index (χ0n) is 10.2. The van der Waals surface area contributed by atoms with E-state index in [9.17, 15) is 8.78 Å². The van der Waals surface area contributed by atoms with Crippen LogP contribution in [0, 0.1) is 11.6 Å². The summed E-state index contributed by atoms with van der Waals surface area (Å²) in [6.07, 6.45) is 2.73. The van der Waals surface area contributed by atoms with Crippen molar-refractivity contribution in [2.24, 2.45) is 0 Å².